The second-order valence-electron chi connectivity index (χ2n) is 6.32. The summed E-state index contributed by atoms with van der Waals surface area (Å²) in [5, 5.41) is 6.36. The van der Waals surface area contributed by atoms with E-state index in [9.17, 15) is 9.59 Å². The average Bonchev–Trinajstić information content (AvgIpc) is 3.00. The Kier molecular flexibility index (Phi) is 4.36. The highest BCUT2D eigenvalue weighted by Crippen LogP contribution is 2.29. The quantitative estimate of drug-likeness (QED) is 0.790. The minimum Gasteiger partial charge on any atom is -0.294 e. The van der Waals surface area contributed by atoms with Crippen LogP contribution in [0.25, 0.3) is 11.2 Å². The van der Waals surface area contributed by atoms with E-state index in [0.717, 1.165) is 5.71 Å². The zero-order valence-electron chi connectivity index (χ0n) is 15.4. The molecular formula is C17H24N6O2. The van der Waals surface area contributed by atoms with Crippen molar-refractivity contribution in [2.24, 2.45) is 12.1 Å². The largest absolute Gasteiger partial charge is 0.332 e. The summed E-state index contributed by atoms with van der Waals surface area (Å²) in [6.07, 6.45) is 4.63. The number of hydrazone groups is 1. The summed E-state index contributed by atoms with van der Waals surface area (Å²) < 4.78 is 4.64. The van der Waals surface area contributed by atoms with Gasteiger partial charge in [0.2, 0.25) is 5.95 Å². The summed E-state index contributed by atoms with van der Waals surface area (Å²) in [6, 6.07) is -0.0952. The SMILES string of the molecule is C/C=C/CN1N=C(C)[C@H](C)n2c1nc1c2c(=O)n(CCC)c(=O)n1C. The Morgan fingerprint density at radius 1 is 1.28 bits per heavy atom. The van der Waals surface area contributed by atoms with Crippen LogP contribution < -0.4 is 16.3 Å². The topological polar surface area (TPSA) is 77.4 Å². The van der Waals surface area contributed by atoms with E-state index in [0.29, 0.717) is 36.6 Å². The van der Waals surface area contributed by atoms with Crippen molar-refractivity contribution in [2.45, 2.75) is 46.7 Å². The van der Waals surface area contributed by atoms with Gasteiger partial charge in [0.1, 0.15) is 0 Å². The number of hydrogen-bond donors (Lipinski definition) is 0. The van der Waals surface area contributed by atoms with Crippen LogP contribution in [0.15, 0.2) is 26.8 Å². The first-order valence-electron chi connectivity index (χ1n) is 8.57. The monoisotopic (exact) mass is 344 g/mol. The molecule has 25 heavy (non-hydrogen) atoms. The summed E-state index contributed by atoms with van der Waals surface area (Å²) in [6.45, 7) is 8.77. The molecule has 0 fully saturated rings. The number of anilines is 1. The minimum absolute atomic E-state index is 0.0952. The van der Waals surface area contributed by atoms with E-state index in [4.69, 9.17) is 0 Å². The van der Waals surface area contributed by atoms with E-state index < -0.39 is 0 Å². The van der Waals surface area contributed by atoms with Gasteiger partial charge < -0.3 is 0 Å². The molecule has 2 aromatic rings. The molecule has 0 saturated carbocycles. The van der Waals surface area contributed by atoms with Crippen molar-refractivity contribution in [1.82, 2.24) is 18.7 Å². The van der Waals surface area contributed by atoms with E-state index >= 15 is 0 Å². The summed E-state index contributed by atoms with van der Waals surface area (Å²) in [5.41, 5.74) is 1.13. The third-order valence-corrected chi connectivity index (χ3v) is 4.62. The first-order valence-corrected chi connectivity index (χ1v) is 8.57. The van der Waals surface area contributed by atoms with Gasteiger partial charge in [0.15, 0.2) is 11.2 Å². The van der Waals surface area contributed by atoms with Crippen LogP contribution in [0.2, 0.25) is 0 Å². The number of nitrogens with zero attached hydrogens (tertiary/aromatic N) is 6. The predicted molar refractivity (Wildman–Crippen MR) is 99.5 cm³/mol. The summed E-state index contributed by atoms with van der Waals surface area (Å²) in [4.78, 5) is 30.1. The molecule has 1 aliphatic heterocycles. The van der Waals surface area contributed by atoms with Gasteiger partial charge in [0.25, 0.3) is 5.56 Å². The van der Waals surface area contributed by atoms with Gasteiger partial charge in [0, 0.05) is 13.6 Å². The molecule has 134 valence electrons. The fourth-order valence-electron chi connectivity index (χ4n) is 3.13. The van der Waals surface area contributed by atoms with Crippen LogP contribution in [-0.4, -0.2) is 30.9 Å². The maximum absolute atomic E-state index is 13.0. The Bertz CT molecular complexity index is 991. The van der Waals surface area contributed by atoms with Gasteiger partial charge in [-0.25, -0.2) is 9.80 Å². The highest BCUT2D eigenvalue weighted by atomic mass is 16.2. The van der Waals surface area contributed by atoms with Crippen LogP contribution >= 0.6 is 0 Å². The van der Waals surface area contributed by atoms with Gasteiger partial charge in [-0.2, -0.15) is 10.1 Å². The van der Waals surface area contributed by atoms with Crippen molar-refractivity contribution in [3.05, 3.63) is 33.0 Å². The molecular weight excluding hydrogens is 320 g/mol. The number of aryl methyl sites for hydroxylation is 1. The number of imidazole rings is 1. The molecule has 0 unspecified atom stereocenters. The van der Waals surface area contributed by atoms with Crippen LogP contribution in [0.1, 0.15) is 40.2 Å². The highest BCUT2D eigenvalue weighted by molar-refractivity contribution is 5.91. The van der Waals surface area contributed by atoms with Crippen LogP contribution in [-0.2, 0) is 13.6 Å². The fourth-order valence-corrected chi connectivity index (χ4v) is 3.13. The second kappa shape index (κ2) is 6.34. The fraction of sp³-hybridized carbons (Fsp3) is 0.529. The predicted octanol–water partition coefficient (Wildman–Crippen LogP) is 1.64. The van der Waals surface area contributed by atoms with Crippen LogP contribution in [0, 0.1) is 0 Å². The smallest absolute Gasteiger partial charge is 0.294 e. The van der Waals surface area contributed by atoms with Crippen molar-refractivity contribution in [3.63, 3.8) is 0 Å². The molecule has 0 spiro atoms. The molecule has 1 atom stereocenters. The van der Waals surface area contributed by atoms with Crippen molar-refractivity contribution >= 4 is 22.8 Å². The Morgan fingerprint density at radius 2 is 2.00 bits per heavy atom. The van der Waals surface area contributed by atoms with E-state index in [1.165, 1.54) is 9.13 Å². The second-order valence-corrected chi connectivity index (χ2v) is 6.32. The lowest BCUT2D eigenvalue weighted by molar-refractivity contribution is 0.587. The third kappa shape index (κ3) is 2.52. The van der Waals surface area contributed by atoms with Gasteiger partial charge in [-0.1, -0.05) is 19.1 Å². The molecule has 3 rings (SSSR count). The maximum atomic E-state index is 13.0. The molecule has 0 radical (unpaired) electrons. The summed E-state index contributed by atoms with van der Waals surface area (Å²) >= 11 is 0. The number of aromatic nitrogens is 4. The van der Waals surface area contributed by atoms with Crippen molar-refractivity contribution in [3.8, 4) is 0 Å². The molecule has 0 bridgehead atoms. The zero-order chi connectivity index (χ0) is 18.3. The highest BCUT2D eigenvalue weighted by Gasteiger charge is 2.30. The van der Waals surface area contributed by atoms with Gasteiger partial charge in [0.05, 0.1) is 18.3 Å². The lowest BCUT2D eigenvalue weighted by atomic mass is 10.2. The Hall–Kier alpha value is -2.64. The number of fused-ring (bicyclic) bond motifs is 3. The van der Waals surface area contributed by atoms with Crippen LogP contribution in [0.3, 0.4) is 0 Å². The van der Waals surface area contributed by atoms with Gasteiger partial charge in [-0.3, -0.25) is 18.5 Å². The standard InChI is InChI=1S/C17H24N6O2/c1-6-8-10-22-16-18-14-13(23(16)12(4)11(3)19-22)15(24)21(9-7-2)17(25)20(14)5/h6,8,12H,7,9-10H2,1-5H3/b8-6+/t12-/m0/s1. The molecule has 1 aliphatic rings. The summed E-state index contributed by atoms with van der Waals surface area (Å²) in [7, 11) is 1.66. The lowest BCUT2D eigenvalue weighted by Gasteiger charge is -2.28. The molecule has 0 saturated heterocycles. The Morgan fingerprint density at radius 3 is 2.64 bits per heavy atom. The molecule has 0 amide bonds. The molecule has 3 heterocycles. The number of hydrogen-bond acceptors (Lipinski definition) is 5. The van der Waals surface area contributed by atoms with Gasteiger partial charge in [-0.05, 0) is 27.2 Å². The van der Waals surface area contributed by atoms with Crippen molar-refractivity contribution in [1.29, 1.82) is 0 Å². The summed E-state index contributed by atoms with van der Waals surface area (Å²) in [5.74, 6) is 0.590. The zero-order valence-corrected chi connectivity index (χ0v) is 15.4. The minimum atomic E-state index is -0.333. The van der Waals surface area contributed by atoms with Crippen LogP contribution in [0.4, 0.5) is 5.95 Å². The Balaban J connectivity index is 2.37. The molecule has 0 N–H and O–H groups in total. The number of allylic oxidation sites excluding steroid dienone is 1. The molecule has 0 aromatic carbocycles. The normalized spacial score (nSPS) is 17.4. The lowest BCUT2D eigenvalue weighted by Crippen LogP contribution is -2.40. The van der Waals surface area contributed by atoms with Gasteiger partial charge in [-0.15, -0.1) is 0 Å². The molecule has 2 aromatic heterocycles. The molecule has 0 aliphatic carbocycles. The average molecular weight is 344 g/mol. The van der Waals surface area contributed by atoms with E-state index in [1.54, 1.807) is 12.1 Å². The third-order valence-electron chi connectivity index (χ3n) is 4.62. The molecule has 8 heteroatoms. The van der Waals surface area contributed by atoms with Crippen molar-refractivity contribution < 1.29 is 0 Å². The van der Waals surface area contributed by atoms with Crippen LogP contribution in [0.5, 0.6) is 0 Å². The number of rotatable bonds is 4. The van der Waals surface area contributed by atoms with Crippen molar-refractivity contribution in [2.75, 3.05) is 11.6 Å². The maximum Gasteiger partial charge on any atom is 0.332 e. The van der Waals surface area contributed by atoms with E-state index in [1.807, 2.05) is 44.4 Å². The first-order chi connectivity index (χ1) is 11.9. The molecule has 8 nitrogen and oxygen atoms in total. The van der Waals surface area contributed by atoms with E-state index in [2.05, 4.69) is 10.1 Å². The van der Waals surface area contributed by atoms with E-state index in [-0.39, 0.29) is 17.3 Å². The first kappa shape index (κ1) is 17.2. The van der Waals surface area contributed by atoms with Gasteiger partial charge >= 0.3 is 5.69 Å². The Labute approximate surface area is 145 Å².